The Bertz CT molecular complexity index is 695. The van der Waals surface area contributed by atoms with Gasteiger partial charge in [0.15, 0.2) is 0 Å². The molecule has 0 amide bonds. The largest absolute Gasteiger partial charge is 0.469 e. The van der Waals surface area contributed by atoms with Crippen molar-refractivity contribution in [2.45, 2.75) is 13.5 Å². The van der Waals surface area contributed by atoms with E-state index in [2.05, 4.69) is 4.79 Å². The van der Waals surface area contributed by atoms with E-state index in [0.717, 1.165) is 11.1 Å². The molecule has 0 aliphatic heterocycles. The van der Waals surface area contributed by atoms with Gasteiger partial charge in [0.25, 0.3) is 0 Å². The Morgan fingerprint density at radius 2 is 2.10 bits per heavy atom. The Morgan fingerprint density at radius 3 is 2.71 bits per heavy atom. The summed E-state index contributed by atoms with van der Waals surface area (Å²) in [5, 5.41) is 0. The number of nitrogens with zero attached hydrogens (tertiary/aromatic N) is 2. The summed E-state index contributed by atoms with van der Waals surface area (Å²) in [6.07, 6.45) is 4.59. The minimum absolute atomic E-state index is 0.0688. The Labute approximate surface area is 122 Å². The monoisotopic (exact) mass is 282 g/mol. The molecule has 0 saturated heterocycles. The summed E-state index contributed by atoms with van der Waals surface area (Å²) in [5.41, 5.74) is 10.4. The van der Waals surface area contributed by atoms with Crippen LogP contribution in [-0.4, -0.2) is 16.5 Å². The molecule has 21 heavy (non-hydrogen) atoms. The summed E-state index contributed by atoms with van der Waals surface area (Å²) in [7, 11) is 0. The third-order valence-electron chi connectivity index (χ3n) is 2.88. The molecule has 1 aromatic carbocycles. The number of aryl methyl sites for hydroxylation is 1. The molecule has 0 radical (unpaired) electrons. The van der Waals surface area contributed by atoms with Crippen LogP contribution in [0.5, 0.6) is 0 Å². The summed E-state index contributed by atoms with van der Waals surface area (Å²) < 4.78 is 10.2. The third kappa shape index (κ3) is 4.03. The highest BCUT2D eigenvalue weighted by atomic mass is 16.5. The maximum Gasteiger partial charge on any atom is 0.421 e. The van der Waals surface area contributed by atoms with E-state index in [1.54, 1.807) is 19.1 Å². The van der Waals surface area contributed by atoms with E-state index < -0.39 is 5.97 Å². The van der Waals surface area contributed by atoms with Crippen LogP contribution >= 0.6 is 0 Å². The summed E-state index contributed by atoms with van der Waals surface area (Å²) in [6, 6.07) is 11.1. The van der Waals surface area contributed by atoms with E-state index in [9.17, 15) is 4.79 Å². The van der Waals surface area contributed by atoms with Crippen LogP contribution in [0.2, 0.25) is 0 Å². The maximum atomic E-state index is 11.8. The van der Waals surface area contributed by atoms with Gasteiger partial charge in [-0.3, -0.25) is 0 Å². The molecule has 5 nitrogen and oxygen atoms in total. The smallest absolute Gasteiger partial charge is 0.421 e. The maximum absolute atomic E-state index is 11.8. The number of benzene rings is 1. The molecule has 0 fully saturated rings. The molecule has 106 valence electrons. The minimum Gasteiger partial charge on any atom is -0.469 e. The molecule has 2 aromatic rings. The molecule has 0 bridgehead atoms. The van der Waals surface area contributed by atoms with Gasteiger partial charge in [-0.25, -0.2) is 4.79 Å². The van der Waals surface area contributed by atoms with E-state index >= 15 is 0 Å². The zero-order valence-corrected chi connectivity index (χ0v) is 11.5. The SMILES string of the molecule is Cc1occc1COC(=O)C(/C=C/c1ccccc1)=[N+]=[N-]. The van der Waals surface area contributed by atoms with Crippen LogP contribution in [0.4, 0.5) is 0 Å². The molecular formula is C16H14N2O3. The Balaban J connectivity index is 1.98. The predicted molar refractivity (Wildman–Crippen MR) is 77.3 cm³/mol. The average Bonchev–Trinajstić information content (AvgIpc) is 2.92. The second-order valence-corrected chi connectivity index (χ2v) is 4.31. The number of ether oxygens (including phenoxy) is 1. The fourth-order valence-electron chi connectivity index (χ4n) is 1.66. The first-order valence-corrected chi connectivity index (χ1v) is 6.36. The van der Waals surface area contributed by atoms with Gasteiger partial charge < -0.3 is 14.7 Å². The first-order chi connectivity index (χ1) is 10.2. The highest BCUT2D eigenvalue weighted by Crippen LogP contribution is 2.10. The normalized spacial score (nSPS) is 10.3. The van der Waals surface area contributed by atoms with E-state index in [1.807, 2.05) is 30.3 Å². The molecule has 0 saturated carbocycles. The Kier molecular flexibility index (Phi) is 4.85. The molecule has 1 aromatic heterocycles. The molecule has 0 aliphatic rings. The van der Waals surface area contributed by atoms with Crippen LogP contribution < -0.4 is 0 Å². The molecule has 0 atom stereocenters. The number of hydrogen-bond acceptors (Lipinski definition) is 3. The summed E-state index contributed by atoms with van der Waals surface area (Å²) >= 11 is 0. The van der Waals surface area contributed by atoms with Gasteiger partial charge >= 0.3 is 11.7 Å². The van der Waals surface area contributed by atoms with Gasteiger partial charge in [0.1, 0.15) is 12.4 Å². The highest BCUT2D eigenvalue weighted by Gasteiger charge is 2.19. The van der Waals surface area contributed by atoms with E-state index in [4.69, 9.17) is 14.7 Å². The lowest BCUT2D eigenvalue weighted by Crippen LogP contribution is -2.16. The van der Waals surface area contributed by atoms with Crippen molar-refractivity contribution in [3.63, 3.8) is 0 Å². The summed E-state index contributed by atoms with van der Waals surface area (Å²) in [6.45, 7) is 1.85. The number of carbonyl (C=O) groups excluding carboxylic acids is 1. The van der Waals surface area contributed by atoms with Crippen molar-refractivity contribution in [3.8, 4) is 0 Å². The molecule has 0 aliphatic carbocycles. The second-order valence-electron chi connectivity index (χ2n) is 4.31. The zero-order valence-electron chi connectivity index (χ0n) is 11.5. The van der Waals surface area contributed by atoms with Crippen molar-refractivity contribution >= 4 is 17.8 Å². The first kappa shape index (κ1) is 14.5. The first-order valence-electron chi connectivity index (χ1n) is 6.36. The van der Waals surface area contributed by atoms with Crippen LogP contribution in [-0.2, 0) is 16.1 Å². The fourth-order valence-corrected chi connectivity index (χ4v) is 1.66. The van der Waals surface area contributed by atoms with Gasteiger partial charge in [0.2, 0.25) is 0 Å². The van der Waals surface area contributed by atoms with Crippen molar-refractivity contribution in [1.82, 2.24) is 0 Å². The topological polar surface area (TPSA) is 75.8 Å². The molecule has 2 rings (SSSR count). The average molecular weight is 282 g/mol. The third-order valence-corrected chi connectivity index (χ3v) is 2.88. The van der Waals surface area contributed by atoms with Crippen LogP contribution in [0.15, 0.2) is 53.2 Å². The van der Waals surface area contributed by atoms with E-state index in [1.165, 1.54) is 12.3 Å². The van der Waals surface area contributed by atoms with Gasteiger partial charge in [-0.15, -0.1) is 0 Å². The van der Waals surface area contributed by atoms with Crippen molar-refractivity contribution < 1.29 is 18.7 Å². The Hall–Kier alpha value is -2.91. The molecule has 5 heteroatoms. The fraction of sp³-hybridized carbons (Fsp3) is 0.125. The number of carbonyl (C=O) groups is 1. The molecule has 0 unspecified atom stereocenters. The Morgan fingerprint density at radius 1 is 1.33 bits per heavy atom. The van der Waals surface area contributed by atoms with Crippen molar-refractivity contribution in [3.05, 3.63) is 71.2 Å². The predicted octanol–water partition coefficient (Wildman–Crippen LogP) is 3.02. The van der Waals surface area contributed by atoms with E-state index in [-0.39, 0.29) is 12.3 Å². The summed E-state index contributed by atoms with van der Waals surface area (Å²) in [5.74, 6) is -0.0182. The quantitative estimate of drug-likeness (QED) is 0.366. The molecule has 0 spiro atoms. The van der Waals surface area contributed by atoms with Crippen LogP contribution in [0.1, 0.15) is 16.9 Å². The summed E-state index contributed by atoms with van der Waals surface area (Å²) in [4.78, 5) is 14.8. The van der Waals surface area contributed by atoms with Crippen LogP contribution in [0.25, 0.3) is 11.6 Å². The van der Waals surface area contributed by atoms with Crippen LogP contribution in [0.3, 0.4) is 0 Å². The van der Waals surface area contributed by atoms with Gasteiger partial charge in [-0.1, -0.05) is 30.3 Å². The lowest BCUT2D eigenvalue weighted by molar-refractivity contribution is -0.141. The molecular weight excluding hydrogens is 268 g/mol. The lowest BCUT2D eigenvalue weighted by atomic mass is 10.2. The van der Waals surface area contributed by atoms with Crippen molar-refractivity contribution in [1.29, 1.82) is 0 Å². The van der Waals surface area contributed by atoms with Gasteiger partial charge in [0.05, 0.1) is 6.26 Å². The number of furan rings is 1. The van der Waals surface area contributed by atoms with Crippen molar-refractivity contribution in [2.75, 3.05) is 0 Å². The number of hydrogen-bond donors (Lipinski definition) is 0. The zero-order chi connectivity index (χ0) is 15.1. The molecule has 1 heterocycles. The lowest BCUT2D eigenvalue weighted by Gasteiger charge is -1.99. The van der Waals surface area contributed by atoms with E-state index in [0.29, 0.717) is 5.76 Å². The number of rotatable bonds is 5. The molecule has 0 N–H and O–H groups in total. The highest BCUT2D eigenvalue weighted by molar-refractivity contribution is 6.39. The van der Waals surface area contributed by atoms with Gasteiger partial charge in [0, 0.05) is 11.6 Å². The van der Waals surface area contributed by atoms with Crippen LogP contribution in [0, 0.1) is 6.92 Å². The van der Waals surface area contributed by atoms with Gasteiger partial charge in [-0.05, 0) is 24.6 Å². The van der Waals surface area contributed by atoms with Crippen molar-refractivity contribution in [2.24, 2.45) is 0 Å². The second kappa shape index (κ2) is 7.03. The number of esters is 1. The van der Waals surface area contributed by atoms with Gasteiger partial charge in [-0.2, -0.15) is 4.79 Å². The minimum atomic E-state index is -0.703. The standard InChI is InChI=1S/C16H14N2O3/c1-12-14(9-10-20-12)11-21-16(19)15(18-17)8-7-13-5-3-2-4-6-13/h2-10H,11H2,1H3/b8-7+.